The molecule has 1 saturated heterocycles. The Morgan fingerprint density at radius 1 is 1.30 bits per heavy atom. The van der Waals surface area contributed by atoms with E-state index in [2.05, 4.69) is 10.1 Å². The Labute approximate surface area is 210 Å². The molecular weight excluding hydrogens is 518 g/mol. The molecule has 1 aliphatic heterocycles. The first-order valence-corrected chi connectivity index (χ1v) is 12.6. The maximum atomic E-state index is 15.1. The highest BCUT2D eigenvalue weighted by Crippen LogP contribution is 2.47. The van der Waals surface area contributed by atoms with Gasteiger partial charge >= 0.3 is 19.4 Å². The van der Waals surface area contributed by atoms with Crippen molar-refractivity contribution in [3.63, 3.8) is 0 Å². The van der Waals surface area contributed by atoms with Crippen LogP contribution in [0, 0.1) is 0 Å². The molecule has 0 spiro atoms. The summed E-state index contributed by atoms with van der Waals surface area (Å²) in [7, 11) is -4.39. The van der Waals surface area contributed by atoms with Crippen LogP contribution in [0.2, 0.25) is 0 Å². The fourth-order valence-electron chi connectivity index (χ4n) is 3.29. The van der Waals surface area contributed by atoms with Crippen molar-refractivity contribution >= 4 is 19.5 Å². The molecule has 14 nitrogen and oxygen atoms in total. The summed E-state index contributed by atoms with van der Waals surface area (Å²) < 4.78 is 50.4. The van der Waals surface area contributed by atoms with Gasteiger partial charge in [-0.05, 0) is 39.0 Å². The topological polar surface area (TPSA) is 191 Å². The summed E-state index contributed by atoms with van der Waals surface area (Å²) >= 11 is 0. The molecule has 2 heterocycles. The first kappa shape index (κ1) is 28.7. The van der Waals surface area contributed by atoms with Crippen LogP contribution in [0.15, 0.2) is 47.4 Å². The van der Waals surface area contributed by atoms with Gasteiger partial charge in [0.2, 0.25) is 0 Å². The van der Waals surface area contributed by atoms with Gasteiger partial charge in [0.15, 0.2) is 12.0 Å². The van der Waals surface area contributed by atoms with E-state index in [4.69, 9.17) is 23.7 Å². The van der Waals surface area contributed by atoms with Gasteiger partial charge in [-0.1, -0.05) is 18.2 Å². The van der Waals surface area contributed by atoms with E-state index in [1.165, 1.54) is 19.1 Å². The second-order valence-electron chi connectivity index (χ2n) is 8.35. The number of aromatic nitrogens is 2. The Kier molecular flexibility index (Phi) is 9.02. The molecule has 5 N–H and O–H groups in total. The Hall–Kier alpha value is -2.91. The fourth-order valence-corrected chi connectivity index (χ4v) is 4.79. The number of hydrogen-bond acceptors (Lipinski definition) is 12. The number of aliphatic hydroxyl groups is 2. The van der Waals surface area contributed by atoms with Crippen LogP contribution in [0.5, 0.6) is 5.75 Å². The number of esters is 1. The Balaban J connectivity index is 1.79. The summed E-state index contributed by atoms with van der Waals surface area (Å²) in [5, 5.41) is 31.9. The van der Waals surface area contributed by atoms with Crippen molar-refractivity contribution in [3.05, 3.63) is 53.1 Å². The van der Waals surface area contributed by atoms with Gasteiger partial charge < -0.3 is 24.2 Å². The lowest BCUT2D eigenvalue weighted by Crippen LogP contribution is -2.45. The highest BCUT2D eigenvalue weighted by Gasteiger charge is 2.58. The number of carbonyl (C=O) groups is 1. The van der Waals surface area contributed by atoms with E-state index < -0.39 is 62.4 Å². The molecule has 2 aromatic rings. The van der Waals surface area contributed by atoms with Crippen molar-refractivity contribution in [2.24, 2.45) is 0 Å². The molecule has 1 aromatic heterocycles. The Morgan fingerprint density at radius 2 is 1.97 bits per heavy atom. The number of rotatable bonds is 11. The highest BCUT2D eigenvalue weighted by molar-refractivity contribution is 7.52. The first-order chi connectivity index (χ1) is 17.4. The van der Waals surface area contributed by atoms with Crippen LogP contribution in [0.1, 0.15) is 27.0 Å². The zero-order valence-electron chi connectivity index (χ0n) is 20.1. The maximum Gasteiger partial charge on any atom is 0.459 e. The van der Waals surface area contributed by atoms with Crippen LogP contribution in [0.3, 0.4) is 0 Å². The minimum absolute atomic E-state index is 0.103. The average molecular weight is 546 g/mol. The van der Waals surface area contributed by atoms with Gasteiger partial charge in [0, 0.05) is 6.20 Å². The summed E-state index contributed by atoms with van der Waals surface area (Å²) in [4.78, 5) is 27.8. The normalized spacial score (nSPS) is 25.9. The van der Waals surface area contributed by atoms with Crippen LogP contribution < -0.4 is 20.8 Å². The van der Waals surface area contributed by atoms with E-state index in [9.17, 15) is 24.4 Å². The summed E-state index contributed by atoms with van der Waals surface area (Å²) in [6, 6.07) is 7.72. The van der Waals surface area contributed by atoms with Gasteiger partial charge in [-0.2, -0.15) is 10.1 Å². The van der Waals surface area contributed by atoms with Crippen LogP contribution in [-0.2, 0) is 23.4 Å². The van der Waals surface area contributed by atoms with Crippen molar-refractivity contribution in [1.82, 2.24) is 14.6 Å². The minimum atomic E-state index is -4.39. The molecule has 1 aromatic carbocycles. The SMILES string of the molecule is CC(C)OC(=O)[C@H](C)N[P@](=O)(OC[C@H]1O[C@@H](n2ccc(NO)nc2=O)[C@@](O)(F)[C@@H]1O)Oc1ccccc1. The number of nitrogens with zero attached hydrogens (tertiary/aromatic N) is 2. The second-order valence-corrected chi connectivity index (χ2v) is 10.0. The summed E-state index contributed by atoms with van der Waals surface area (Å²) in [6.07, 6.45) is -5.45. The summed E-state index contributed by atoms with van der Waals surface area (Å²) in [5.74, 6) is -4.39. The van der Waals surface area contributed by atoms with Crippen molar-refractivity contribution in [3.8, 4) is 5.75 Å². The fraction of sp³-hybridized carbons (Fsp3) is 0.476. The largest absolute Gasteiger partial charge is 0.462 e. The van der Waals surface area contributed by atoms with Crippen LogP contribution in [-0.4, -0.2) is 67.8 Å². The van der Waals surface area contributed by atoms with Crippen molar-refractivity contribution in [1.29, 1.82) is 0 Å². The number of nitrogens with one attached hydrogen (secondary N) is 2. The van der Waals surface area contributed by atoms with Gasteiger partial charge in [-0.3, -0.25) is 24.6 Å². The molecule has 1 fully saturated rings. The molecule has 3 rings (SSSR count). The highest BCUT2D eigenvalue weighted by atomic mass is 31.2. The van der Waals surface area contributed by atoms with Gasteiger partial charge in [0.1, 0.15) is 24.0 Å². The van der Waals surface area contributed by atoms with Crippen molar-refractivity contribution in [2.75, 3.05) is 12.1 Å². The maximum absolute atomic E-state index is 15.1. The number of ether oxygens (including phenoxy) is 2. The molecule has 1 aliphatic rings. The number of alkyl halides is 1. The lowest BCUT2D eigenvalue weighted by molar-refractivity contribution is -0.197. The Bertz CT molecular complexity index is 1180. The smallest absolute Gasteiger partial charge is 0.459 e. The van der Waals surface area contributed by atoms with Crippen LogP contribution in [0.4, 0.5) is 10.2 Å². The molecule has 0 amide bonds. The van der Waals surface area contributed by atoms with E-state index in [0.717, 1.165) is 12.3 Å². The summed E-state index contributed by atoms with van der Waals surface area (Å²) in [5.41, 5.74) is 0.519. The van der Waals surface area contributed by atoms with E-state index in [1.807, 2.05) is 0 Å². The van der Waals surface area contributed by atoms with Crippen LogP contribution in [0.25, 0.3) is 0 Å². The average Bonchev–Trinajstić information content (AvgIpc) is 3.06. The molecule has 0 aliphatic carbocycles. The van der Waals surface area contributed by atoms with Gasteiger partial charge in [0.05, 0.1) is 12.7 Å². The predicted molar refractivity (Wildman–Crippen MR) is 124 cm³/mol. The van der Waals surface area contributed by atoms with Gasteiger partial charge in [-0.15, -0.1) is 0 Å². The first-order valence-electron chi connectivity index (χ1n) is 11.1. The monoisotopic (exact) mass is 546 g/mol. The summed E-state index contributed by atoms with van der Waals surface area (Å²) in [6.45, 7) is 3.81. The minimum Gasteiger partial charge on any atom is -0.462 e. The molecule has 0 radical (unpaired) electrons. The third kappa shape index (κ3) is 6.90. The third-order valence-corrected chi connectivity index (χ3v) is 6.69. The van der Waals surface area contributed by atoms with Gasteiger partial charge in [-0.25, -0.2) is 13.8 Å². The molecule has 0 bridgehead atoms. The number of hydrogen-bond donors (Lipinski definition) is 5. The standard InChI is InChI=1S/C21H28FN4O10P/c1-12(2)34-18(28)13(3)25-37(32,36-14-7-5-4-6-8-14)33-11-15-17(27)21(22,30)19(35-15)26-10-9-16(24-31)23-20(26)29/h4-10,12-13,15,17,19,27,30-31H,11H2,1-3H3,(H,25,32)(H,23,24,29)/t13-,15+,17+,19+,21+,37-/m0/s1. The molecule has 37 heavy (non-hydrogen) atoms. The van der Waals surface area contributed by atoms with E-state index >= 15 is 4.39 Å². The molecule has 6 atom stereocenters. The quantitative estimate of drug-likeness (QED) is 0.153. The number of halogens is 1. The van der Waals surface area contributed by atoms with E-state index in [-0.39, 0.29) is 11.6 Å². The Morgan fingerprint density at radius 3 is 2.57 bits per heavy atom. The molecule has 204 valence electrons. The van der Waals surface area contributed by atoms with Crippen molar-refractivity contribution in [2.45, 2.75) is 57.2 Å². The molecule has 16 heteroatoms. The van der Waals surface area contributed by atoms with E-state index in [1.54, 1.807) is 37.5 Å². The number of anilines is 1. The number of aliphatic hydroxyl groups excluding tert-OH is 1. The second kappa shape index (κ2) is 11.6. The van der Waals surface area contributed by atoms with Crippen molar-refractivity contribution < 1.29 is 47.7 Å². The predicted octanol–water partition coefficient (Wildman–Crippen LogP) is 1.09. The van der Waals surface area contributed by atoms with E-state index in [0.29, 0.717) is 4.57 Å². The number of para-hydroxylation sites is 1. The lowest BCUT2D eigenvalue weighted by Gasteiger charge is -2.25. The number of carbonyl (C=O) groups excluding carboxylic acids is 1. The molecule has 0 saturated carbocycles. The van der Waals surface area contributed by atoms with Gasteiger partial charge in [0.25, 0.3) is 5.85 Å². The zero-order valence-corrected chi connectivity index (χ0v) is 20.9. The molecular formula is C21H28FN4O10P. The molecule has 0 unspecified atom stereocenters. The number of benzene rings is 1. The zero-order chi connectivity index (χ0) is 27.4. The lowest BCUT2D eigenvalue weighted by atomic mass is 10.1. The van der Waals surface area contributed by atoms with Crippen LogP contribution >= 0.6 is 7.75 Å². The third-order valence-electron chi connectivity index (χ3n) is 5.05.